The normalized spacial score (nSPS) is 30.2. The molecular weight excluding hydrogens is 151 g/mol. The molecule has 1 saturated carbocycles. The maximum atomic E-state index is 8.78. The molecule has 0 amide bonds. The van der Waals surface area contributed by atoms with Crippen molar-refractivity contribution in [3.05, 3.63) is 0 Å². The van der Waals surface area contributed by atoms with Gasteiger partial charge in [-0.25, -0.2) is 0 Å². The molecule has 0 bridgehead atoms. The molecule has 0 aromatic rings. The van der Waals surface area contributed by atoms with Gasteiger partial charge in [0.2, 0.25) is 0 Å². The molecule has 1 rings (SSSR count). The van der Waals surface area contributed by atoms with Crippen LogP contribution < -0.4 is 0 Å². The topological polar surface area (TPSA) is 40.5 Å². The van der Waals surface area contributed by atoms with Gasteiger partial charge in [0.05, 0.1) is 0 Å². The van der Waals surface area contributed by atoms with E-state index in [2.05, 4.69) is 6.92 Å². The molecule has 1 fully saturated rings. The van der Waals surface area contributed by atoms with E-state index < -0.39 is 7.12 Å². The van der Waals surface area contributed by atoms with Crippen LogP contribution in [0.25, 0.3) is 0 Å². The van der Waals surface area contributed by atoms with Crippen LogP contribution in [0.3, 0.4) is 0 Å². The van der Waals surface area contributed by atoms with Crippen molar-refractivity contribution in [2.75, 3.05) is 0 Å². The van der Waals surface area contributed by atoms with Gasteiger partial charge in [0.25, 0.3) is 0 Å². The number of rotatable bonds is 3. The fourth-order valence-corrected chi connectivity index (χ4v) is 2.17. The van der Waals surface area contributed by atoms with Crippen LogP contribution in [-0.4, -0.2) is 17.2 Å². The van der Waals surface area contributed by atoms with Crippen LogP contribution in [-0.2, 0) is 0 Å². The van der Waals surface area contributed by atoms with Gasteiger partial charge in [-0.3, -0.25) is 0 Å². The highest BCUT2D eigenvalue weighted by atomic mass is 16.4. The fraction of sp³-hybridized carbons (Fsp3) is 1.00. The summed E-state index contributed by atoms with van der Waals surface area (Å²) in [5, 5.41) is 17.6. The van der Waals surface area contributed by atoms with Gasteiger partial charge >= 0.3 is 7.12 Å². The SMILES string of the molecule is CCC1CCC(CB(O)O)CC1. The molecule has 0 spiro atoms. The van der Waals surface area contributed by atoms with Crippen molar-refractivity contribution in [1.82, 2.24) is 0 Å². The molecule has 1 aliphatic rings. The van der Waals surface area contributed by atoms with Crippen LogP contribution in [0.15, 0.2) is 0 Å². The summed E-state index contributed by atoms with van der Waals surface area (Å²) in [5.74, 6) is 1.46. The lowest BCUT2D eigenvalue weighted by Crippen LogP contribution is -2.21. The zero-order chi connectivity index (χ0) is 8.97. The van der Waals surface area contributed by atoms with Crippen molar-refractivity contribution in [3.8, 4) is 0 Å². The van der Waals surface area contributed by atoms with Crippen LogP contribution in [0.4, 0.5) is 0 Å². The average molecular weight is 170 g/mol. The third kappa shape index (κ3) is 3.15. The van der Waals surface area contributed by atoms with Crippen LogP contribution >= 0.6 is 0 Å². The van der Waals surface area contributed by atoms with E-state index in [-0.39, 0.29) is 0 Å². The molecule has 1 aliphatic carbocycles. The summed E-state index contributed by atoms with van der Waals surface area (Å²) in [7, 11) is -1.09. The van der Waals surface area contributed by atoms with Crippen molar-refractivity contribution in [1.29, 1.82) is 0 Å². The van der Waals surface area contributed by atoms with E-state index in [0.29, 0.717) is 12.2 Å². The third-order valence-corrected chi connectivity index (χ3v) is 3.09. The highest BCUT2D eigenvalue weighted by Crippen LogP contribution is 2.32. The second-order valence-corrected chi connectivity index (χ2v) is 4.01. The molecular formula is C9H19BO2. The Hall–Kier alpha value is -0.0151. The highest BCUT2D eigenvalue weighted by molar-refractivity contribution is 6.41. The summed E-state index contributed by atoms with van der Waals surface area (Å²) in [6.45, 7) is 2.24. The van der Waals surface area contributed by atoms with Crippen molar-refractivity contribution in [3.63, 3.8) is 0 Å². The van der Waals surface area contributed by atoms with Gasteiger partial charge in [-0.15, -0.1) is 0 Å². The minimum Gasteiger partial charge on any atom is -0.427 e. The van der Waals surface area contributed by atoms with E-state index in [9.17, 15) is 0 Å². The molecule has 0 radical (unpaired) electrons. The summed E-state index contributed by atoms with van der Waals surface area (Å²) >= 11 is 0. The first kappa shape index (κ1) is 10.1. The predicted octanol–water partition coefficient (Wildman–Crippen LogP) is 1.68. The molecule has 0 atom stereocenters. The first-order chi connectivity index (χ1) is 5.72. The zero-order valence-corrected chi connectivity index (χ0v) is 7.87. The van der Waals surface area contributed by atoms with Gasteiger partial charge in [-0.2, -0.15) is 0 Å². The number of hydrogen-bond acceptors (Lipinski definition) is 2. The molecule has 70 valence electrons. The first-order valence-electron chi connectivity index (χ1n) is 5.08. The molecule has 0 saturated heterocycles. The Morgan fingerprint density at radius 1 is 1.08 bits per heavy atom. The molecule has 0 aliphatic heterocycles. The molecule has 3 heteroatoms. The Balaban J connectivity index is 2.17. The summed E-state index contributed by atoms with van der Waals surface area (Å²) in [5.41, 5.74) is 0. The molecule has 0 aromatic carbocycles. The van der Waals surface area contributed by atoms with Crippen molar-refractivity contribution >= 4 is 7.12 Å². The van der Waals surface area contributed by atoms with Crippen molar-refractivity contribution < 1.29 is 10.0 Å². The van der Waals surface area contributed by atoms with Crippen LogP contribution in [0, 0.1) is 11.8 Å². The molecule has 12 heavy (non-hydrogen) atoms. The predicted molar refractivity (Wildman–Crippen MR) is 50.7 cm³/mol. The third-order valence-electron chi connectivity index (χ3n) is 3.09. The van der Waals surface area contributed by atoms with E-state index in [1.807, 2.05) is 0 Å². The summed E-state index contributed by atoms with van der Waals surface area (Å²) < 4.78 is 0. The van der Waals surface area contributed by atoms with Gasteiger partial charge in [0.1, 0.15) is 0 Å². The van der Waals surface area contributed by atoms with E-state index in [1.165, 1.54) is 32.1 Å². The second kappa shape index (κ2) is 4.88. The van der Waals surface area contributed by atoms with Crippen LogP contribution in [0.1, 0.15) is 39.0 Å². The quantitative estimate of drug-likeness (QED) is 0.632. The lowest BCUT2D eigenvalue weighted by Gasteiger charge is -2.27. The Morgan fingerprint density at radius 3 is 2.00 bits per heavy atom. The summed E-state index contributed by atoms with van der Waals surface area (Å²) in [4.78, 5) is 0. The standard InChI is InChI=1S/C9H19BO2/c1-2-8-3-5-9(6-4-8)7-10(11)12/h8-9,11-12H,2-7H2,1H3. The Bertz CT molecular complexity index is 120. The van der Waals surface area contributed by atoms with Gasteiger partial charge in [0, 0.05) is 0 Å². The van der Waals surface area contributed by atoms with Crippen molar-refractivity contribution in [2.45, 2.75) is 45.3 Å². The average Bonchev–Trinajstić information content (AvgIpc) is 2.05. The smallest absolute Gasteiger partial charge is 0.427 e. The monoisotopic (exact) mass is 170 g/mol. The fourth-order valence-electron chi connectivity index (χ4n) is 2.17. The van der Waals surface area contributed by atoms with Gasteiger partial charge in [-0.1, -0.05) is 39.0 Å². The lowest BCUT2D eigenvalue weighted by molar-refractivity contribution is 0.270. The van der Waals surface area contributed by atoms with Crippen molar-refractivity contribution in [2.24, 2.45) is 11.8 Å². The molecule has 0 aromatic heterocycles. The Labute approximate surface area is 75.1 Å². The molecule has 0 heterocycles. The first-order valence-corrected chi connectivity index (χ1v) is 5.08. The molecule has 2 nitrogen and oxygen atoms in total. The second-order valence-electron chi connectivity index (χ2n) is 4.01. The summed E-state index contributed by atoms with van der Waals surface area (Å²) in [6, 6.07) is 0. The van der Waals surface area contributed by atoms with E-state index in [0.717, 1.165) is 5.92 Å². The zero-order valence-electron chi connectivity index (χ0n) is 7.87. The maximum Gasteiger partial charge on any atom is 0.451 e. The Morgan fingerprint density at radius 2 is 1.58 bits per heavy atom. The molecule has 0 unspecified atom stereocenters. The lowest BCUT2D eigenvalue weighted by atomic mass is 9.70. The van der Waals surface area contributed by atoms with Crippen LogP contribution in [0.5, 0.6) is 0 Å². The van der Waals surface area contributed by atoms with Crippen LogP contribution in [0.2, 0.25) is 6.32 Å². The van der Waals surface area contributed by atoms with E-state index in [1.54, 1.807) is 0 Å². The number of hydrogen-bond donors (Lipinski definition) is 2. The maximum absolute atomic E-state index is 8.78. The largest absolute Gasteiger partial charge is 0.451 e. The van der Waals surface area contributed by atoms with Gasteiger partial charge in [0.15, 0.2) is 0 Å². The molecule has 2 N–H and O–H groups in total. The van der Waals surface area contributed by atoms with E-state index >= 15 is 0 Å². The summed E-state index contributed by atoms with van der Waals surface area (Å²) in [6.07, 6.45) is 6.82. The Kier molecular flexibility index (Phi) is 4.09. The van der Waals surface area contributed by atoms with E-state index in [4.69, 9.17) is 10.0 Å². The van der Waals surface area contributed by atoms with Gasteiger partial charge < -0.3 is 10.0 Å². The highest BCUT2D eigenvalue weighted by Gasteiger charge is 2.23. The minimum atomic E-state index is -1.09. The van der Waals surface area contributed by atoms with Gasteiger partial charge in [-0.05, 0) is 18.2 Å². The minimum absolute atomic E-state index is 0.563.